The van der Waals surface area contributed by atoms with E-state index in [1.165, 1.54) is 6.20 Å². The molecule has 116 valence electrons. The van der Waals surface area contributed by atoms with E-state index in [1.54, 1.807) is 19.1 Å². The zero-order chi connectivity index (χ0) is 16.1. The molecular formula is C16H20N4O2. The topological polar surface area (TPSA) is 90.1 Å². The molecule has 1 aromatic heterocycles. The number of benzene rings is 1. The molecule has 3 N–H and O–H groups in total. The summed E-state index contributed by atoms with van der Waals surface area (Å²) in [6.45, 7) is 6.00. The molecule has 0 saturated heterocycles. The minimum Gasteiger partial charge on any atom is -0.462 e. The van der Waals surface area contributed by atoms with E-state index in [4.69, 9.17) is 10.5 Å². The average molecular weight is 300 g/mol. The molecule has 0 saturated carbocycles. The molecule has 22 heavy (non-hydrogen) atoms. The van der Waals surface area contributed by atoms with Gasteiger partial charge in [-0.25, -0.2) is 14.8 Å². The smallest absolute Gasteiger partial charge is 0.343 e. The fourth-order valence-corrected chi connectivity index (χ4v) is 1.94. The van der Waals surface area contributed by atoms with E-state index in [0.29, 0.717) is 29.5 Å². The van der Waals surface area contributed by atoms with Crippen LogP contribution in [-0.4, -0.2) is 28.6 Å². The van der Waals surface area contributed by atoms with Crippen LogP contribution in [0.15, 0.2) is 30.5 Å². The van der Waals surface area contributed by atoms with Gasteiger partial charge in [-0.3, -0.25) is 0 Å². The van der Waals surface area contributed by atoms with Crippen molar-refractivity contribution < 1.29 is 9.53 Å². The Bertz CT molecular complexity index is 671. The monoisotopic (exact) mass is 300 g/mol. The third-order valence-corrected chi connectivity index (χ3v) is 2.85. The summed E-state index contributed by atoms with van der Waals surface area (Å²) >= 11 is 0. The lowest BCUT2D eigenvalue weighted by molar-refractivity contribution is 0.0526. The zero-order valence-corrected chi connectivity index (χ0v) is 13.0. The van der Waals surface area contributed by atoms with Gasteiger partial charge in [-0.15, -0.1) is 0 Å². The maximum absolute atomic E-state index is 12.0. The number of carbonyl (C=O) groups is 1. The second kappa shape index (κ2) is 6.89. The van der Waals surface area contributed by atoms with Gasteiger partial charge in [-0.05, 0) is 32.9 Å². The quantitative estimate of drug-likeness (QED) is 0.652. The normalized spacial score (nSPS) is 10.5. The van der Waals surface area contributed by atoms with Crippen LogP contribution in [0.5, 0.6) is 0 Å². The minimum absolute atomic E-state index is 0.122. The Morgan fingerprint density at radius 3 is 2.82 bits per heavy atom. The van der Waals surface area contributed by atoms with E-state index in [1.807, 2.05) is 26.0 Å². The largest absolute Gasteiger partial charge is 0.462 e. The fourth-order valence-electron chi connectivity index (χ4n) is 1.94. The maximum Gasteiger partial charge on any atom is 0.343 e. The number of esters is 1. The molecule has 6 heteroatoms. The Hall–Kier alpha value is -2.63. The van der Waals surface area contributed by atoms with E-state index in [9.17, 15) is 4.79 Å². The molecule has 0 radical (unpaired) electrons. The summed E-state index contributed by atoms with van der Waals surface area (Å²) in [4.78, 5) is 20.7. The van der Waals surface area contributed by atoms with Crippen LogP contribution < -0.4 is 11.1 Å². The van der Waals surface area contributed by atoms with Crippen LogP contribution in [-0.2, 0) is 4.74 Å². The SMILES string of the molecule is CCOC(=O)c1cnc(-c2cccc(N)c2)nc1NC(C)C. The first-order chi connectivity index (χ1) is 10.5. The van der Waals surface area contributed by atoms with Crippen molar-refractivity contribution in [1.82, 2.24) is 9.97 Å². The van der Waals surface area contributed by atoms with Crippen molar-refractivity contribution in [2.45, 2.75) is 26.8 Å². The number of hydrogen-bond acceptors (Lipinski definition) is 6. The molecule has 0 bridgehead atoms. The Balaban J connectivity index is 2.44. The summed E-state index contributed by atoms with van der Waals surface area (Å²) in [7, 11) is 0. The molecule has 0 spiro atoms. The molecule has 2 rings (SSSR count). The second-order valence-corrected chi connectivity index (χ2v) is 5.10. The summed E-state index contributed by atoms with van der Waals surface area (Å²) in [5.41, 5.74) is 7.54. The first-order valence-electron chi connectivity index (χ1n) is 7.18. The molecule has 1 aromatic carbocycles. The predicted molar refractivity (Wildman–Crippen MR) is 86.6 cm³/mol. The number of aromatic nitrogens is 2. The summed E-state index contributed by atoms with van der Waals surface area (Å²) in [5.74, 6) is 0.522. The third kappa shape index (κ3) is 3.72. The number of nitrogens with zero attached hydrogens (tertiary/aromatic N) is 2. The van der Waals surface area contributed by atoms with Crippen LogP contribution in [0.25, 0.3) is 11.4 Å². The highest BCUT2D eigenvalue weighted by atomic mass is 16.5. The third-order valence-electron chi connectivity index (χ3n) is 2.85. The van der Waals surface area contributed by atoms with E-state index in [2.05, 4.69) is 15.3 Å². The summed E-state index contributed by atoms with van der Waals surface area (Å²) in [5, 5.41) is 3.15. The Morgan fingerprint density at radius 1 is 1.41 bits per heavy atom. The summed E-state index contributed by atoms with van der Waals surface area (Å²) in [6, 6.07) is 7.41. The van der Waals surface area contributed by atoms with Crippen molar-refractivity contribution in [2.75, 3.05) is 17.7 Å². The van der Waals surface area contributed by atoms with Gasteiger partial charge in [0.2, 0.25) is 0 Å². The lowest BCUT2D eigenvalue weighted by atomic mass is 10.2. The van der Waals surface area contributed by atoms with Gasteiger partial charge < -0.3 is 15.8 Å². The van der Waals surface area contributed by atoms with E-state index >= 15 is 0 Å². The number of ether oxygens (including phenoxy) is 1. The molecular weight excluding hydrogens is 280 g/mol. The van der Waals surface area contributed by atoms with Crippen molar-refractivity contribution in [1.29, 1.82) is 0 Å². The van der Waals surface area contributed by atoms with Crippen LogP contribution >= 0.6 is 0 Å². The Morgan fingerprint density at radius 2 is 2.18 bits per heavy atom. The number of nitrogens with one attached hydrogen (secondary N) is 1. The second-order valence-electron chi connectivity index (χ2n) is 5.10. The number of anilines is 2. The fraction of sp³-hybridized carbons (Fsp3) is 0.312. The Kier molecular flexibility index (Phi) is 4.93. The highest BCUT2D eigenvalue weighted by Crippen LogP contribution is 2.22. The molecule has 0 atom stereocenters. The van der Waals surface area contributed by atoms with Crippen molar-refractivity contribution in [2.24, 2.45) is 0 Å². The average Bonchev–Trinajstić information content (AvgIpc) is 2.46. The van der Waals surface area contributed by atoms with Gasteiger partial charge in [-0.2, -0.15) is 0 Å². The number of nitrogens with two attached hydrogens (primary N) is 1. The van der Waals surface area contributed by atoms with E-state index in [-0.39, 0.29) is 6.04 Å². The van der Waals surface area contributed by atoms with Gasteiger partial charge in [0.25, 0.3) is 0 Å². The molecule has 0 unspecified atom stereocenters. The van der Waals surface area contributed by atoms with Gasteiger partial charge in [0, 0.05) is 23.5 Å². The molecule has 0 aliphatic heterocycles. The Labute approximate surface area is 129 Å². The first-order valence-corrected chi connectivity index (χ1v) is 7.18. The van der Waals surface area contributed by atoms with Gasteiger partial charge in [0.15, 0.2) is 5.82 Å². The standard InChI is InChI=1S/C16H20N4O2/c1-4-22-16(21)13-9-18-14(20-15(13)19-10(2)3)11-6-5-7-12(17)8-11/h5-10H,4,17H2,1-3H3,(H,18,19,20). The molecule has 6 nitrogen and oxygen atoms in total. The number of nitrogen functional groups attached to an aromatic ring is 1. The first kappa shape index (κ1) is 15.8. The molecule has 0 fully saturated rings. The maximum atomic E-state index is 12.0. The summed E-state index contributed by atoms with van der Waals surface area (Å²) in [6.07, 6.45) is 1.48. The van der Waals surface area contributed by atoms with Crippen LogP contribution in [0.1, 0.15) is 31.1 Å². The lowest BCUT2D eigenvalue weighted by Gasteiger charge is -2.14. The van der Waals surface area contributed by atoms with Crippen molar-refractivity contribution >= 4 is 17.5 Å². The van der Waals surface area contributed by atoms with E-state index in [0.717, 1.165) is 5.56 Å². The van der Waals surface area contributed by atoms with Crippen LogP contribution in [0.3, 0.4) is 0 Å². The zero-order valence-electron chi connectivity index (χ0n) is 13.0. The van der Waals surface area contributed by atoms with E-state index < -0.39 is 5.97 Å². The van der Waals surface area contributed by atoms with Gasteiger partial charge in [0.1, 0.15) is 11.4 Å². The van der Waals surface area contributed by atoms with Gasteiger partial charge >= 0.3 is 5.97 Å². The highest BCUT2D eigenvalue weighted by Gasteiger charge is 2.17. The van der Waals surface area contributed by atoms with Crippen LogP contribution in [0.2, 0.25) is 0 Å². The molecule has 1 heterocycles. The molecule has 0 aliphatic carbocycles. The number of rotatable bonds is 5. The molecule has 0 aliphatic rings. The lowest BCUT2D eigenvalue weighted by Crippen LogP contribution is -2.17. The van der Waals surface area contributed by atoms with Crippen molar-refractivity contribution in [3.8, 4) is 11.4 Å². The van der Waals surface area contributed by atoms with Gasteiger partial charge in [-0.1, -0.05) is 12.1 Å². The molecule has 2 aromatic rings. The number of carbonyl (C=O) groups excluding carboxylic acids is 1. The van der Waals surface area contributed by atoms with Crippen LogP contribution in [0.4, 0.5) is 11.5 Å². The van der Waals surface area contributed by atoms with Crippen molar-refractivity contribution in [3.63, 3.8) is 0 Å². The highest BCUT2D eigenvalue weighted by molar-refractivity contribution is 5.94. The number of hydrogen-bond donors (Lipinski definition) is 2. The summed E-state index contributed by atoms with van der Waals surface area (Å²) < 4.78 is 5.04. The van der Waals surface area contributed by atoms with Crippen LogP contribution in [0, 0.1) is 0 Å². The minimum atomic E-state index is -0.440. The molecule has 0 amide bonds. The van der Waals surface area contributed by atoms with Gasteiger partial charge in [0.05, 0.1) is 6.61 Å². The van der Waals surface area contributed by atoms with Crippen molar-refractivity contribution in [3.05, 3.63) is 36.0 Å². The predicted octanol–water partition coefficient (Wildman–Crippen LogP) is 2.72.